The average Bonchev–Trinajstić information content (AvgIpc) is 3.32. The van der Waals surface area contributed by atoms with Crippen LogP contribution in [-0.2, 0) is 20.7 Å². The molecule has 4 aromatic rings. The Morgan fingerprint density at radius 2 is 1.68 bits per heavy atom. The van der Waals surface area contributed by atoms with Crippen LogP contribution in [-0.4, -0.2) is 30.6 Å². The van der Waals surface area contributed by atoms with E-state index >= 15 is 0 Å². The van der Waals surface area contributed by atoms with Crippen molar-refractivity contribution >= 4 is 63.2 Å². The fourth-order valence-corrected chi connectivity index (χ4v) is 5.52. The van der Waals surface area contributed by atoms with Gasteiger partial charge in [-0.3, -0.25) is 9.59 Å². The van der Waals surface area contributed by atoms with Gasteiger partial charge < -0.3 is 15.4 Å². The van der Waals surface area contributed by atoms with Crippen molar-refractivity contribution in [2.45, 2.75) is 18.2 Å². The Balaban J connectivity index is 1.37. The molecule has 1 aromatic heterocycles. The van der Waals surface area contributed by atoms with Crippen LogP contribution in [0.2, 0.25) is 5.02 Å². The second-order valence-corrected chi connectivity index (χ2v) is 10.8. The lowest BCUT2D eigenvalue weighted by Crippen LogP contribution is -2.16. The molecule has 0 saturated heterocycles. The molecule has 194 valence electrons. The van der Waals surface area contributed by atoms with E-state index in [-0.39, 0.29) is 24.0 Å². The van der Waals surface area contributed by atoms with Gasteiger partial charge in [-0.2, -0.15) is 0 Å². The van der Waals surface area contributed by atoms with Crippen LogP contribution in [0.15, 0.2) is 83.1 Å². The molecule has 0 aliphatic carbocycles. The first kappa shape index (κ1) is 27.4. The zero-order chi connectivity index (χ0) is 27.1. The number of carbonyl (C=O) groups excluding carboxylic acids is 3. The third-order valence-electron chi connectivity index (χ3n) is 5.56. The van der Waals surface area contributed by atoms with Gasteiger partial charge in [-0.05, 0) is 48.4 Å². The summed E-state index contributed by atoms with van der Waals surface area (Å²) in [7, 11) is 1.32. The maximum atomic E-state index is 12.8. The Hall–Kier alpha value is -3.59. The molecule has 1 heterocycles. The molecule has 0 fully saturated rings. The molecular formula is C29H25ClN2O4S2. The molecular weight excluding hydrogens is 540 g/mol. The van der Waals surface area contributed by atoms with E-state index in [0.717, 1.165) is 21.6 Å². The Labute approximate surface area is 234 Å². The number of nitrogens with one attached hydrogen (secondary N) is 2. The zero-order valence-electron chi connectivity index (χ0n) is 20.7. The molecule has 0 atom stereocenters. The largest absolute Gasteiger partial charge is 0.465 e. The fraction of sp³-hybridized carbons (Fsp3) is 0.138. The van der Waals surface area contributed by atoms with Gasteiger partial charge in [-0.25, -0.2) is 4.79 Å². The lowest BCUT2D eigenvalue weighted by molar-refractivity contribution is -0.115. The molecule has 9 heteroatoms. The summed E-state index contributed by atoms with van der Waals surface area (Å²) in [6.45, 7) is 1.99. The summed E-state index contributed by atoms with van der Waals surface area (Å²) in [5.41, 5.74) is 4.54. The molecule has 0 bridgehead atoms. The number of carbonyl (C=O) groups is 3. The van der Waals surface area contributed by atoms with Crippen LogP contribution in [0.4, 0.5) is 10.7 Å². The van der Waals surface area contributed by atoms with Crippen LogP contribution in [0.1, 0.15) is 21.5 Å². The summed E-state index contributed by atoms with van der Waals surface area (Å²) in [6.07, 6.45) is 0.227. The molecule has 3 aromatic carbocycles. The first-order valence-electron chi connectivity index (χ1n) is 11.7. The molecule has 0 spiro atoms. The fourth-order valence-electron chi connectivity index (χ4n) is 3.67. The van der Waals surface area contributed by atoms with Crippen molar-refractivity contribution in [2.24, 2.45) is 0 Å². The van der Waals surface area contributed by atoms with Crippen LogP contribution >= 0.6 is 34.7 Å². The highest BCUT2D eigenvalue weighted by Gasteiger charge is 2.22. The van der Waals surface area contributed by atoms with Gasteiger partial charge in [-0.15, -0.1) is 23.1 Å². The van der Waals surface area contributed by atoms with E-state index in [4.69, 9.17) is 16.3 Å². The number of aryl methyl sites for hydroxylation is 1. The van der Waals surface area contributed by atoms with E-state index in [1.165, 1.54) is 30.2 Å². The summed E-state index contributed by atoms with van der Waals surface area (Å²) < 4.78 is 4.99. The van der Waals surface area contributed by atoms with E-state index in [9.17, 15) is 14.4 Å². The molecule has 0 aliphatic rings. The van der Waals surface area contributed by atoms with E-state index < -0.39 is 5.97 Å². The van der Waals surface area contributed by atoms with E-state index in [1.54, 1.807) is 18.2 Å². The monoisotopic (exact) mass is 564 g/mol. The number of rotatable bonds is 9. The van der Waals surface area contributed by atoms with Crippen molar-refractivity contribution in [2.75, 3.05) is 23.5 Å². The minimum absolute atomic E-state index is 0.126. The topological polar surface area (TPSA) is 84.5 Å². The van der Waals surface area contributed by atoms with E-state index in [2.05, 4.69) is 10.6 Å². The van der Waals surface area contributed by atoms with Crippen LogP contribution in [0, 0.1) is 6.92 Å². The van der Waals surface area contributed by atoms with Gasteiger partial charge in [-0.1, -0.05) is 59.6 Å². The number of halogens is 1. The van der Waals surface area contributed by atoms with Crippen molar-refractivity contribution in [1.82, 2.24) is 0 Å². The minimum Gasteiger partial charge on any atom is -0.465 e. The highest BCUT2D eigenvalue weighted by atomic mass is 35.5. The minimum atomic E-state index is -0.508. The quantitative estimate of drug-likeness (QED) is 0.168. The number of thiophene rings is 1. The standard InChI is InChI=1S/C29H25ClN2O4S2/c1-18-6-10-20(11-7-18)24-16-38-28(27(24)29(35)36-2)32-26(34)17-37-23-5-3-4-22(15-23)31-25(33)14-19-8-12-21(30)13-9-19/h3-13,15-16H,14,17H2,1-2H3,(H,31,33)(H,32,34). The molecule has 2 amide bonds. The summed E-state index contributed by atoms with van der Waals surface area (Å²) in [4.78, 5) is 38.6. The number of anilines is 2. The van der Waals surface area contributed by atoms with Gasteiger partial charge in [0.1, 0.15) is 10.6 Å². The van der Waals surface area contributed by atoms with Gasteiger partial charge in [0.15, 0.2) is 0 Å². The molecule has 0 aliphatic heterocycles. The number of methoxy groups -OCH3 is 1. The van der Waals surface area contributed by atoms with E-state index in [1.807, 2.05) is 66.9 Å². The Kier molecular flexibility index (Phi) is 9.23. The number of hydrogen-bond acceptors (Lipinski definition) is 6. The summed E-state index contributed by atoms with van der Waals surface area (Å²) in [5.74, 6) is -0.785. The molecule has 38 heavy (non-hydrogen) atoms. The first-order chi connectivity index (χ1) is 18.3. The highest BCUT2D eigenvalue weighted by Crippen LogP contribution is 2.36. The second-order valence-electron chi connectivity index (χ2n) is 8.43. The molecule has 0 unspecified atom stereocenters. The van der Waals surface area contributed by atoms with Gasteiger partial charge >= 0.3 is 5.97 Å². The number of benzene rings is 3. The van der Waals surface area contributed by atoms with Gasteiger partial charge in [0, 0.05) is 26.5 Å². The maximum absolute atomic E-state index is 12.8. The van der Waals surface area contributed by atoms with Crippen molar-refractivity contribution in [3.8, 4) is 11.1 Å². The molecule has 2 N–H and O–H groups in total. The lowest BCUT2D eigenvalue weighted by atomic mass is 10.0. The van der Waals surface area contributed by atoms with Crippen molar-refractivity contribution in [1.29, 1.82) is 0 Å². The number of esters is 1. The number of ether oxygens (including phenoxy) is 1. The first-order valence-corrected chi connectivity index (χ1v) is 13.9. The average molecular weight is 565 g/mol. The van der Waals surface area contributed by atoms with Crippen molar-refractivity contribution < 1.29 is 19.1 Å². The maximum Gasteiger partial charge on any atom is 0.341 e. The smallest absolute Gasteiger partial charge is 0.341 e. The predicted octanol–water partition coefficient (Wildman–Crippen LogP) is 7.08. The molecule has 0 saturated carbocycles. The number of amides is 2. The van der Waals surface area contributed by atoms with Crippen LogP contribution in [0.3, 0.4) is 0 Å². The van der Waals surface area contributed by atoms with Gasteiger partial charge in [0.2, 0.25) is 11.8 Å². The summed E-state index contributed by atoms with van der Waals surface area (Å²) >= 11 is 8.51. The van der Waals surface area contributed by atoms with Crippen LogP contribution < -0.4 is 10.6 Å². The SMILES string of the molecule is COC(=O)c1c(-c2ccc(C)cc2)csc1NC(=O)CSc1cccc(NC(=O)Cc2ccc(Cl)cc2)c1. The normalized spacial score (nSPS) is 10.6. The predicted molar refractivity (Wildman–Crippen MR) is 155 cm³/mol. The number of thioether (sulfide) groups is 1. The van der Waals surface area contributed by atoms with E-state index in [0.29, 0.717) is 26.8 Å². The van der Waals surface area contributed by atoms with Crippen LogP contribution in [0.5, 0.6) is 0 Å². The third kappa shape index (κ3) is 7.25. The van der Waals surface area contributed by atoms with Gasteiger partial charge in [0.05, 0.1) is 19.3 Å². The van der Waals surface area contributed by atoms with Crippen molar-refractivity contribution in [3.63, 3.8) is 0 Å². The molecule has 0 radical (unpaired) electrons. The molecule has 6 nitrogen and oxygen atoms in total. The molecule has 4 rings (SSSR count). The second kappa shape index (κ2) is 12.8. The zero-order valence-corrected chi connectivity index (χ0v) is 23.1. The Morgan fingerprint density at radius 3 is 2.39 bits per heavy atom. The summed E-state index contributed by atoms with van der Waals surface area (Å²) in [5, 5.41) is 8.65. The Bertz CT molecular complexity index is 1450. The Morgan fingerprint density at radius 1 is 0.947 bits per heavy atom. The van der Waals surface area contributed by atoms with Crippen molar-refractivity contribution in [3.05, 3.63) is 99.9 Å². The highest BCUT2D eigenvalue weighted by molar-refractivity contribution is 8.00. The lowest BCUT2D eigenvalue weighted by Gasteiger charge is -2.09. The third-order valence-corrected chi connectivity index (χ3v) is 7.70. The van der Waals surface area contributed by atoms with Gasteiger partial charge in [0.25, 0.3) is 0 Å². The summed E-state index contributed by atoms with van der Waals surface area (Å²) in [6, 6.07) is 22.2. The van der Waals surface area contributed by atoms with Crippen LogP contribution in [0.25, 0.3) is 11.1 Å². The number of hydrogen-bond donors (Lipinski definition) is 2.